The van der Waals surface area contributed by atoms with E-state index in [2.05, 4.69) is 0 Å². The first kappa shape index (κ1) is 19.3. The molecule has 2 aromatic rings. The van der Waals surface area contributed by atoms with Crippen LogP contribution in [0.5, 0.6) is 0 Å². The molecule has 0 N–H and O–H groups in total. The molecule has 0 saturated carbocycles. The highest BCUT2D eigenvalue weighted by atomic mass is 32.2. The van der Waals surface area contributed by atoms with Crippen molar-refractivity contribution >= 4 is 27.4 Å². The quantitative estimate of drug-likeness (QED) is 0.414. The molecule has 0 radical (unpaired) electrons. The van der Waals surface area contributed by atoms with Crippen molar-refractivity contribution in [1.82, 2.24) is 0 Å². The van der Waals surface area contributed by atoms with E-state index < -0.39 is 43.9 Å². The van der Waals surface area contributed by atoms with Crippen LogP contribution in [0, 0.1) is 15.9 Å². The number of nitro groups is 1. The molecule has 0 saturated heterocycles. The smallest absolute Gasteiger partial charge is 0.326 e. The fourth-order valence-corrected chi connectivity index (χ4v) is 3.76. The molecule has 2 aromatic carbocycles. The lowest BCUT2D eigenvalue weighted by atomic mass is 10.3. The average molecular weight is 382 g/mol. The van der Waals surface area contributed by atoms with Gasteiger partial charge in [-0.05, 0) is 37.3 Å². The fraction of sp³-hybridized carbons (Fsp3) is 0.188. The number of carbonyl (C=O) groups excluding carboxylic acids is 1. The Labute approximate surface area is 149 Å². The van der Waals surface area contributed by atoms with E-state index in [1.807, 2.05) is 0 Å². The molecule has 2 rings (SSSR count). The summed E-state index contributed by atoms with van der Waals surface area (Å²) in [7, 11) is -4.49. The molecule has 0 aliphatic heterocycles. The Morgan fingerprint density at radius 2 is 1.81 bits per heavy atom. The Hall–Kier alpha value is -3.01. The Bertz CT molecular complexity index is 915. The fourth-order valence-electron chi connectivity index (χ4n) is 2.19. The SMILES string of the molecule is CCOC(=O)CN(c1ccc(F)cc1)S(=O)(=O)c1ccccc1[N+](=O)[O-]. The van der Waals surface area contributed by atoms with Gasteiger partial charge in [0.05, 0.1) is 17.2 Å². The van der Waals surface area contributed by atoms with Crippen LogP contribution in [-0.2, 0) is 19.6 Å². The van der Waals surface area contributed by atoms with Gasteiger partial charge in [0.15, 0.2) is 4.90 Å². The maximum atomic E-state index is 13.2. The molecule has 10 heteroatoms. The van der Waals surface area contributed by atoms with Crippen LogP contribution in [0.4, 0.5) is 15.8 Å². The molecule has 0 fully saturated rings. The molecule has 0 bridgehead atoms. The molecule has 138 valence electrons. The zero-order valence-corrected chi connectivity index (χ0v) is 14.5. The van der Waals surface area contributed by atoms with E-state index in [9.17, 15) is 27.7 Å². The van der Waals surface area contributed by atoms with E-state index >= 15 is 0 Å². The summed E-state index contributed by atoms with van der Waals surface area (Å²) in [6.45, 7) is 0.867. The van der Waals surface area contributed by atoms with Gasteiger partial charge in [-0.25, -0.2) is 12.8 Å². The summed E-state index contributed by atoms with van der Waals surface area (Å²) in [5.41, 5.74) is -0.666. The lowest BCUT2D eigenvalue weighted by Crippen LogP contribution is -2.37. The second-order valence-corrected chi connectivity index (χ2v) is 6.85. The molecule has 0 unspecified atom stereocenters. The van der Waals surface area contributed by atoms with Crippen molar-refractivity contribution in [2.24, 2.45) is 0 Å². The Kier molecular flexibility index (Phi) is 5.88. The lowest BCUT2D eigenvalue weighted by Gasteiger charge is -2.23. The minimum atomic E-state index is -4.49. The van der Waals surface area contributed by atoms with Gasteiger partial charge in [0, 0.05) is 6.07 Å². The van der Waals surface area contributed by atoms with Crippen molar-refractivity contribution in [3.05, 3.63) is 64.5 Å². The van der Waals surface area contributed by atoms with Crippen molar-refractivity contribution in [3.63, 3.8) is 0 Å². The number of halogens is 1. The number of hydrogen-bond donors (Lipinski definition) is 0. The monoisotopic (exact) mass is 382 g/mol. The van der Waals surface area contributed by atoms with Crippen LogP contribution in [0.25, 0.3) is 0 Å². The number of sulfonamides is 1. The number of esters is 1. The van der Waals surface area contributed by atoms with E-state index in [1.165, 1.54) is 12.1 Å². The average Bonchev–Trinajstić information content (AvgIpc) is 2.60. The van der Waals surface area contributed by atoms with Crippen LogP contribution in [-0.4, -0.2) is 32.5 Å². The van der Waals surface area contributed by atoms with Crippen molar-refractivity contribution in [3.8, 4) is 0 Å². The third kappa shape index (κ3) is 4.14. The first-order valence-electron chi connectivity index (χ1n) is 7.44. The molecule has 0 heterocycles. The first-order valence-corrected chi connectivity index (χ1v) is 8.88. The van der Waals surface area contributed by atoms with Gasteiger partial charge in [0.1, 0.15) is 12.4 Å². The van der Waals surface area contributed by atoms with Crippen LogP contribution in [0.1, 0.15) is 6.92 Å². The number of nitro benzene ring substituents is 1. The van der Waals surface area contributed by atoms with Crippen LogP contribution < -0.4 is 4.31 Å². The summed E-state index contributed by atoms with van der Waals surface area (Å²) in [5, 5.41) is 11.2. The van der Waals surface area contributed by atoms with Gasteiger partial charge in [0.25, 0.3) is 15.7 Å². The molecular weight excluding hydrogens is 367 g/mol. The summed E-state index contributed by atoms with van der Waals surface area (Å²) >= 11 is 0. The maximum Gasteiger partial charge on any atom is 0.326 e. The maximum absolute atomic E-state index is 13.2. The van der Waals surface area contributed by atoms with E-state index in [1.54, 1.807) is 6.92 Å². The summed E-state index contributed by atoms with van der Waals surface area (Å²) < 4.78 is 44.6. The summed E-state index contributed by atoms with van der Waals surface area (Å²) in [5.74, 6) is -1.45. The number of hydrogen-bond acceptors (Lipinski definition) is 6. The number of para-hydroxylation sites is 1. The third-order valence-corrected chi connectivity index (χ3v) is 5.14. The van der Waals surface area contributed by atoms with Crippen LogP contribution in [0.3, 0.4) is 0 Å². The zero-order valence-electron chi connectivity index (χ0n) is 13.7. The van der Waals surface area contributed by atoms with Crippen molar-refractivity contribution < 1.29 is 27.3 Å². The molecular formula is C16H15FN2O6S. The lowest BCUT2D eigenvalue weighted by molar-refractivity contribution is -0.387. The molecule has 8 nitrogen and oxygen atoms in total. The highest BCUT2D eigenvalue weighted by Crippen LogP contribution is 2.29. The van der Waals surface area contributed by atoms with E-state index in [0.717, 1.165) is 36.4 Å². The summed E-state index contributed by atoms with van der Waals surface area (Å²) in [6.07, 6.45) is 0. The van der Waals surface area contributed by atoms with Crippen LogP contribution in [0.15, 0.2) is 53.4 Å². The number of nitrogens with zero attached hydrogens (tertiary/aromatic N) is 2. The van der Waals surface area contributed by atoms with Gasteiger partial charge < -0.3 is 4.74 Å². The Balaban J connectivity index is 2.58. The van der Waals surface area contributed by atoms with Gasteiger partial charge in [0.2, 0.25) is 0 Å². The molecule has 0 atom stereocenters. The second kappa shape index (κ2) is 7.91. The molecule has 0 aliphatic carbocycles. The number of anilines is 1. The highest BCUT2D eigenvalue weighted by Gasteiger charge is 2.33. The second-order valence-electron chi connectivity index (χ2n) is 5.02. The minimum Gasteiger partial charge on any atom is -0.465 e. The predicted molar refractivity (Wildman–Crippen MR) is 90.7 cm³/mol. The summed E-state index contributed by atoms with van der Waals surface area (Å²) in [4.78, 5) is 21.6. The standard InChI is InChI=1S/C16H15FN2O6S/c1-2-25-16(20)11-18(13-9-7-12(17)8-10-13)26(23,24)15-6-4-3-5-14(15)19(21)22/h3-10H,2,11H2,1H3. The summed E-state index contributed by atoms with van der Waals surface area (Å²) in [6, 6.07) is 9.10. The normalized spacial score (nSPS) is 11.0. The molecule has 0 aromatic heterocycles. The minimum absolute atomic E-state index is 0.0294. The largest absolute Gasteiger partial charge is 0.465 e. The van der Waals surface area contributed by atoms with Crippen LogP contribution >= 0.6 is 0 Å². The molecule has 0 spiro atoms. The van der Waals surface area contributed by atoms with Gasteiger partial charge in [-0.1, -0.05) is 12.1 Å². The van der Waals surface area contributed by atoms with Gasteiger partial charge >= 0.3 is 5.97 Å². The van der Waals surface area contributed by atoms with Crippen molar-refractivity contribution in [2.75, 3.05) is 17.5 Å². The Morgan fingerprint density at radius 1 is 1.19 bits per heavy atom. The van der Waals surface area contributed by atoms with E-state index in [0.29, 0.717) is 4.31 Å². The van der Waals surface area contributed by atoms with Crippen molar-refractivity contribution in [2.45, 2.75) is 11.8 Å². The Morgan fingerprint density at radius 3 is 2.38 bits per heavy atom. The number of carbonyl (C=O) groups is 1. The van der Waals surface area contributed by atoms with Gasteiger partial charge in [-0.3, -0.25) is 19.2 Å². The van der Waals surface area contributed by atoms with Crippen molar-refractivity contribution in [1.29, 1.82) is 0 Å². The highest BCUT2D eigenvalue weighted by molar-refractivity contribution is 7.93. The van der Waals surface area contributed by atoms with E-state index in [-0.39, 0.29) is 12.3 Å². The third-order valence-electron chi connectivity index (χ3n) is 3.32. The molecule has 26 heavy (non-hydrogen) atoms. The molecule has 0 aliphatic rings. The zero-order chi connectivity index (χ0) is 19.3. The predicted octanol–water partition coefficient (Wildman–Crippen LogP) is 2.49. The topological polar surface area (TPSA) is 107 Å². The van der Waals surface area contributed by atoms with E-state index in [4.69, 9.17) is 4.74 Å². The number of ether oxygens (including phenoxy) is 1. The van der Waals surface area contributed by atoms with Gasteiger partial charge in [-0.2, -0.15) is 0 Å². The van der Waals surface area contributed by atoms with Crippen LogP contribution in [0.2, 0.25) is 0 Å². The number of benzene rings is 2. The molecule has 0 amide bonds. The first-order chi connectivity index (χ1) is 12.3. The van der Waals surface area contributed by atoms with Gasteiger partial charge in [-0.15, -0.1) is 0 Å². The number of rotatable bonds is 7.